The topological polar surface area (TPSA) is 46.6 Å². The van der Waals surface area contributed by atoms with Crippen LogP contribution in [0.1, 0.15) is 12.5 Å². The zero-order valence-corrected chi connectivity index (χ0v) is 13.2. The van der Waals surface area contributed by atoms with E-state index in [2.05, 4.69) is 0 Å². The Morgan fingerprint density at radius 3 is 2.26 bits per heavy atom. The van der Waals surface area contributed by atoms with Crippen molar-refractivity contribution < 1.29 is 14.3 Å². The zero-order valence-electron chi connectivity index (χ0n) is 12.5. The second-order valence-corrected chi connectivity index (χ2v) is 5.41. The van der Waals surface area contributed by atoms with Gasteiger partial charge in [-0.05, 0) is 48.9 Å². The number of anilines is 1. The Labute approximate surface area is 138 Å². The molecule has 2 aromatic rings. The molecule has 0 atom stereocenters. The Morgan fingerprint density at radius 1 is 1.00 bits per heavy atom. The molecule has 0 aliphatic carbocycles. The predicted molar refractivity (Wildman–Crippen MR) is 89.5 cm³/mol. The molecule has 2 aromatic carbocycles. The van der Waals surface area contributed by atoms with Gasteiger partial charge >= 0.3 is 0 Å². The number of rotatable bonds is 4. The zero-order chi connectivity index (χ0) is 16.4. The molecule has 1 heterocycles. The molecule has 1 aliphatic rings. The van der Waals surface area contributed by atoms with Crippen LogP contribution in [-0.2, 0) is 9.59 Å². The van der Waals surface area contributed by atoms with Crippen molar-refractivity contribution in [1.29, 1.82) is 0 Å². The van der Waals surface area contributed by atoms with Crippen LogP contribution in [0.5, 0.6) is 5.75 Å². The van der Waals surface area contributed by atoms with Gasteiger partial charge in [0.15, 0.2) is 0 Å². The summed E-state index contributed by atoms with van der Waals surface area (Å²) in [5, 5.41) is 0.578. The van der Waals surface area contributed by atoms with E-state index < -0.39 is 0 Å². The minimum atomic E-state index is -0.357. The van der Waals surface area contributed by atoms with Crippen molar-refractivity contribution in [3.8, 4) is 5.75 Å². The molecule has 0 spiro atoms. The number of carbonyl (C=O) groups is 2. The fourth-order valence-corrected chi connectivity index (χ4v) is 2.54. The van der Waals surface area contributed by atoms with E-state index in [1.807, 2.05) is 6.92 Å². The first-order chi connectivity index (χ1) is 11.1. The van der Waals surface area contributed by atoms with E-state index >= 15 is 0 Å². The second kappa shape index (κ2) is 6.26. The molecule has 5 heteroatoms. The molecule has 0 fully saturated rings. The summed E-state index contributed by atoms with van der Waals surface area (Å²) in [6.07, 6.45) is 1.35. The van der Waals surface area contributed by atoms with Crippen LogP contribution in [0.3, 0.4) is 0 Å². The molecule has 116 valence electrons. The van der Waals surface area contributed by atoms with Gasteiger partial charge in [-0.25, -0.2) is 4.90 Å². The minimum Gasteiger partial charge on any atom is -0.494 e. The number of nitrogens with zero attached hydrogens (tertiary/aromatic N) is 1. The molecule has 2 amide bonds. The summed E-state index contributed by atoms with van der Waals surface area (Å²) >= 11 is 5.85. The van der Waals surface area contributed by atoms with Crippen molar-refractivity contribution in [2.24, 2.45) is 0 Å². The largest absolute Gasteiger partial charge is 0.494 e. The number of ether oxygens (including phenoxy) is 1. The van der Waals surface area contributed by atoms with E-state index in [0.717, 1.165) is 4.90 Å². The van der Waals surface area contributed by atoms with Crippen LogP contribution in [0.2, 0.25) is 5.02 Å². The van der Waals surface area contributed by atoms with Gasteiger partial charge in [0, 0.05) is 11.1 Å². The molecular weight excluding hydrogens is 314 g/mol. The Kier molecular flexibility index (Phi) is 4.17. The number of halogens is 1. The van der Waals surface area contributed by atoms with Crippen LogP contribution in [-0.4, -0.2) is 18.4 Å². The lowest BCUT2D eigenvalue weighted by Gasteiger charge is -2.15. The SMILES string of the molecule is CCOc1ccc(N2C(=O)C=C(c3ccc(Cl)cc3)C2=O)cc1. The van der Waals surface area contributed by atoms with E-state index in [1.54, 1.807) is 48.5 Å². The third-order valence-electron chi connectivity index (χ3n) is 3.48. The summed E-state index contributed by atoms with van der Waals surface area (Å²) in [5.41, 5.74) is 1.55. The lowest BCUT2D eigenvalue weighted by molar-refractivity contribution is -0.119. The van der Waals surface area contributed by atoms with Gasteiger partial charge in [-0.3, -0.25) is 9.59 Å². The number of carbonyl (C=O) groups excluding carboxylic acids is 2. The monoisotopic (exact) mass is 327 g/mol. The first kappa shape index (κ1) is 15.3. The van der Waals surface area contributed by atoms with Crippen LogP contribution < -0.4 is 9.64 Å². The molecule has 4 nitrogen and oxygen atoms in total. The molecular formula is C18H14ClNO3. The molecule has 0 saturated carbocycles. The Balaban J connectivity index is 1.87. The molecule has 23 heavy (non-hydrogen) atoms. The predicted octanol–water partition coefficient (Wildman–Crippen LogP) is 3.70. The molecule has 0 unspecified atom stereocenters. The van der Waals surface area contributed by atoms with Crippen molar-refractivity contribution in [2.45, 2.75) is 6.92 Å². The second-order valence-electron chi connectivity index (χ2n) is 4.97. The van der Waals surface area contributed by atoms with Crippen LogP contribution >= 0.6 is 11.6 Å². The van der Waals surface area contributed by atoms with Crippen molar-refractivity contribution in [3.05, 3.63) is 65.2 Å². The van der Waals surface area contributed by atoms with Crippen LogP contribution in [0, 0.1) is 0 Å². The number of hydrogen-bond donors (Lipinski definition) is 0. The Hall–Kier alpha value is -2.59. The maximum atomic E-state index is 12.6. The molecule has 0 bridgehead atoms. The summed E-state index contributed by atoms with van der Waals surface area (Å²) in [4.78, 5) is 26.0. The summed E-state index contributed by atoms with van der Waals surface area (Å²) in [6, 6.07) is 13.7. The third kappa shape index (κ3) is 2.98. The highest BCUT2D eigenvalue weighted by Gasteiger charge is 2.32. The van der Waals surface area contributed by atoms with E-state index in [9.17, 15) is 9.59 Å². The summed E-state index contributed by atoms with van der Waals surface area (Å²) in [5.74, 6) is -0.00757. The molecule has 0 N–H and O–H groups in total. The fraction of sp³-hybridized carbons (Fsp3) is 0.111. The first-order valence-electron chi connectivity index (χ1n) is 7.19. The Morgan fingerprint density at radius 2 is 1.65 bits per heavy atom. The Bertz CT molecular complexity index is 779. The maximum absolute atomic E-state index is 12.6. The third-order valence-corrected chi connectivity index (χ3v) is 3.73. The van der Waals surface area contributed by atoms with Crippen molar-refractivity contribution >= 4 is 34.7 Å². The lowest BCUT2D eigenvalue weighted by Crippen LogP contribution is -2.30. The number of amides is 2. The summed E-state index contributed by atoms with van der Waals surface area (Å²) in [6.45, 7) is 2.45. The summed E-state index contributed by atoms with van der Waals surface area (Å²) < 4.78 is 5.36. The van der Waals surface area contributed by atoms with Crippen LogP contribution in [0.15, 0.2) is 54.6 Å². The van der Waals surface area contributed by atoms with Crippen LogP contribution in [0.25, 0.3) is 5.57 Å². The smallest absolute Gasteiger partial charge is 0.266 e. The minimum absolute atomic E-state index is 0.346. The highest BCUT2D eigenvalue weighted by atomic mass is 35.5. The van der Waals surface area contributed by atoms with E-state index in [1.165, 1.54) is 6.08 Å². The van der Waals surface area contributed by atoms with Crippen molar-refractivity contribution in [2.75, 3.05) is 11.5 Å². The van der Waals surface area contributed by atoms with E-state index in [0.29, 0.717) is 34.2 Å². The van der Waals surface area contributed by atoms with E-state index in [4.69, 9.17) is 16.3 Å². The molecule has 0 aromatic heterocycles. The van der Waals surface area contributed by atoms with Gasteiger partial charge in [-0.15, -0.1) is 0 Å². The average molecular weight is 328 g/mol. The van der Waals surface area contributed by atoms with Gasteiger partial charge in [0.1, 0.15) is 5.75 Å². The van der Waals surface area contributed by atoms with Gasteiger partial charge in [0.05, 0.1) is 17.9 Å². The molecule has 3 rings (SSSR count). The first-order valence-corrected chi connectivity index (χ1v) is 7.57. The number of imide groups is 1. The highest BCUT2D eigenvalue weighted by Crippen LogP contribution is 2.29. The fourth-order valence-electron chi connectivity index (χ4n) is 2.41. The van der Waals surface area contributed by atoms with Crippen LogP contribution in [0.4, 0.5) is 5.69 Å². The lowest BCUT2D eigenvalue weighted by atomic mass is 10.1. The average Bonchev–Trinajstić information content (AvgIpc) is 2.84. The van der Waals surface area contributed by atoms with Crippen molar-refractivity contribution in [3.63, 3.8) is 0 Å². The summed E-state index contributed by atoms with van der Waals surface area (Å²) in [7, 11) is 0. The van der Waals surface area contributed by atoms with Crippen molar-refractivity contribution in [1.82, 2.24) is 0 Å². The quantitative estimate of drug-likeness (QED) is 0.804. The number of hydrogen-bond acceptors (Lipinski definition) is 3. The van der Waals surface area contributed by atoms with Gasteiger partial charge < -0.3 is 4.74 Å². The van der Waals surface area contributed by atoms with Gasteiger partial charge in [0.25, 0.3) is 11.8 Å². The highest BCUT2D eigenvalue weighted by molar-refractivity contribution is 6.43. The van der Waals surface area contributed by atoms with Gasteiger partial charge in [-0.1, -0.05) is 23.7 Å². The molecule has 0 radical (unpaired) electrons. The maximum Gasteiger partial charge on any atom is 0.266 e. The molecule has 1 aliphatic heterocycles. The van der Waals surface area contributed by atoms with Gasteiger partial charge in [0.2, 0.25) is 0 Å². The van der Waals surface area contributed by atoms with E-state index in [-0.39, 0.29) is 11.8 Å². The van der Waals surface area contributed by atoms with Gasteiger partial charge in [-0.2, -0.15) is 0 Å². The molecule has 0 saturated heterocycles. The number of benzene rings is 2. The standard InChI is InChI=1S/C18H14ClNO3/c1-2-23-15-9-7-14(8-10-15)20-17(21)11-16(18(20)22)12-3-5-13(19)6-4-12/h3-11H,2H2,1H3. The normalized spacial score (nSPS) is 14.2.